The standard InChI is InChI=1S/C12H21F2N3O3S/c1-3-17-8-11(6-10(17)7-15-2)21(18,19)16-4-5-20-9-12(13)14/h6,8,12,15-16H,3-5,7,9H2,1-2H3. The molecule has 0 atom stereocenters. The van der Waals surface area contributed by atoms with E-state index in [2.05, 4.69) is 14.8 Å². The van der Waals surface area contributed by atoms with Gasteiger partial charge in [0.2, 0.25) is 10.0 Å². The van der Waals surface area contributed by atoms with E-state index in [1.807, 2.05) is 11.5 Å². The van der Waals surface area contributed by atoms with E-state index in [9.17, 15) is 17.2 Å². The van der Waals surface area contributed by atoms with Crippen LogP contribution in [0.2, 0.25) is 0 Å². The maximum atomic E-state index is 12.1. The number of aryl methyl sites for hydroxylation is 1. The quantitative estimate of drug-likeness (QED) is 0.624. The highest BCUT2D eigenvalue weighted by molar-refractivity contribution is 7.89. The molecule has 0 bridgehead atoms. The van der Waals surface area contributed by atoms with Gasteiger partial charge < -0.3 is 14.6 Å². The lowest BCUT2D eigenvalue weighted by Gasteiger charge is -2.06. The molecule has 0 fully saturated rings. The molecular formula is C12H21F2N3O3S. The normalized spacial score (nSPS) is 12.2. The van der Waals surface area contributed by atoms with Crippen molar-refractivity contribution in [1.29, 1.82) is 0 Å². The van der Waals surface area contributed by atoms with Crippen molar-refractivity contribution in [3.8, 4) is 0 Å². The second kappa shape index (κ2) is 8.42. The summed E-state index contributed by atoms with van der Waals surface area (Å²) in [5, 5.41) is 2.97. The first-order valence-electron chi connectivity index (χ1n) is 6.60. The highest BCUT2D eigenvalue weighted by Gasteiger charge is 2.17. The van der Waals surface area contributed by atoms with E-state index in [4.69, 9.17) is 0 Å². The van der Waals surface area contributed by atoms with Gasteiger partial charge in [0.1, 0.15) is 6.61 Å². The van der Waals surface area contributed by atoms with Gasteiger partial charge in [-0.05, 0) is 20.0 Å². The molecule has 122 valence electrons. The number of alkyl halides is 2. The van der Waals surface area contributed by atoms with Crippen molar-refractivity contribution in [2.75, 3.05) is 26.8 Å². The van der Waals surface area contributed by atoms with E-state index in [1.165, 1.54) is 0 Å². The molecule has 0 saturated heterocycles. The monoisotopic (exact) mass is 325 g/mol. The van der Waals surface area contributed by atoms with Crippen LogP contribution < -0.4 is 10.0 Å². The van der Waals surface area contributed by atoms with Gasteiger partial charge in [-0.1, -0.05) is 0 Å². The average Bonchev–Trinajstić information content (AvgIpc) is 2.82. The molecule has 0 aliphatic rings. The summed E-state index contributed by atoms with van der Waals surface area (Å²) in [7, 11) is -1.88. The zero-order valence-electron chi connectivity index (χ0n) is 12.1. The van der Waals surface area contributed by atoms with Crippen LogP contribution in [0.25, 0.3) is 0 Å². The summed E-state index contributed by atoms with van der Waals surface area (Å²) in [5.41, 5.74) is 0.856. The van der Waals surface area contributed by atoms with Crippen molar-refractivity contribution >= 4 is 10.0 Å². The van der Waals surface area contributed by atoms with E-state index in [0.717, 1.165) is 5.69 Å². The molecule has 0 unspecified atom stereocenters. The summed E-state index contributed by atoms with van der Waals surface area (Å²) < 4.78 is 56.6. The first-order chi connectivity index (χ1) is 9.90. The molecule has 6 nitrogen and oxygen atoms in total. The number of sulfonamides is 1. The van der Waals surface area contributed by atoms with Crippen molar-refractivity contribution in [3.63, 3.8) is 0 Å². The number of nitrogens with zero attached hydrogens (tertiary/aromatic N) is 1. The molecule has 0 aliphatic carbocycles. The fourth-order valence-corrected chi connectivity index (χ4v) is 2.88. The summed E-state index contributed by atoms with van der Waals surface area (Å²) >= 11 is 0. The summed E-state index contributed by atoms with van der Waals surface area (Å²) in [6, 6.07) is 1.59. The fourth-order valence-electron chi connectivity index (χ4n) is 1.80. The Kier molecular flexibility index (Phi) is 7.23. The number of halogens is 2. The summed E-state index contributed by atoms with van der Waals surface area (Å²) in [6.07, 6.45) is -1.00. The average molecular weight is 325 g/mol. The Labute approximate surface area is 123 Å². The van der Waals surface area contributed by atoms with E-state index in [1.54, 1.807) is 19.3 Å². The van der Waals surface area contributed by atoms with E-state index < -0.39 is 23.1 Å². The largest absolute Gasteiger partial charge is 0.374 e. The van der Waals surface area contributed by atoms with Gasteiger partial charge in [-0.15, -0.1) is 0 Å². The van der Waals surface area contributed by atoms with Crippen LogP contribution in [0, 0.1) is 0 Å². The Morgan fingerprint density at radius 3 is 2.71 bits per heavy atom. The zero-order valence-corrected chi connectivity index (χ0v) is 12.9. The van der Waals surface area contributed by atoms with Crippen LogP contribution in [0.15, 0.2) is 17.2 Å². The van der Waals surface area contributed by atoms with Crippen LogP contribution in [0.1, 0.15) is 12.6 Å². The van der Waals surface area contributed by atoms with Crippen LogP contribution in [-0.4, -0.2) is 46.2 Å². The second-order valence-electron chi connectivity index (χ2n) is 4.35. The summed E-state index contributed by atoms with van der Waals surface area (Å²) in [5.74, 6) is 0. The molecule has 0 aliphatic heterocycles. The minimum Gasteiger partial charge on any atom is -0.374 e. The predicted molar refractivity (Wildman–Crippen MR) is 74.9 cm³/mol. The number of hydrogen-bond donors (Lipinski definition) is 2. The topological polar surface area (TPSA) is 72.4 Å². The summed E-state index contributed by atoms with van der Waals surface area (Å²) in [4.78, 5) is 0.156. The van der Waals surface area contributed by atoms with Crippen molar-refractivity contribution in [2.45, 2.75) is 31.3 Å². The van der Waals surface area contributed by atoms with Crippen LogP contribution >= 0.6 is 0 Å². The molecule has 0 spiro atoms. The highest BCUT2D eigenvalue weighted by Crippen LogP contribution is 2.14. The third-order valence-corrected chi connectivity index (χ3v) is 4.18. The molecule has 2 N–H and O–H groups in total. The third-order valence-electron chi connectivity index (χ3n) is 2.75. The van der Waals surface area contributed by atoms with Crippen LogP contribution in [-0.2, 0) is 27.8 Å². The second-order valence-corrected chi connectivity index (χ2v) is 6.11. The Morgan fingerprint density at radius 2 is 2.14 bits per heavy atom. The maximum absolute atomic E-state index is 12.1. The Bertz CT molecular complexity index is 532. The molecule has 0 aromatic carbocycles. The van der Waals surface area contributed by atoms with Gasteiger partial charge in [-0.2, -0.15) is 0 Å². The van der Waals surface area contributed by atoms with Gasteiger partial charge in [0.05, 0.1) is 11.5 Å². The van der Waals surface area contributed by atoms with Gasteiger partial charge >= 0.3 is 0 Å². The highest BCUT2D eigenvalue weighted by atomic mass is 32.2. The lowest BCUT2D eigenvalue weighted by molar-refractivity contribution is 0.0199. The third kappa shape index (κ3) is 5.70. The number of nitrogens with one attached hydrogen (secondary N) is 2. The fraction of sp³-hybridized carbons (Fsp3) is 0.667. The Balaban J connectivity index is 2.61. The van der Waals surface area contributed by atoms with Crippen molar-refractivity contribution < 1.29 is 21.9 Å². The van der Waals surface area contributed by atoms with Crippen molar-refractivity contribution in [2.24, 2.45) is 0 Å². The minimum absolute atomic E-state index is 0.0479. The molecule has 0 saturated carbocycles. The number of hydrogen-bond acceptors (Lipinski definition) is 4. The lowest BCUT2D eigenvalue weighted by atomic mass is 10.4. The SMILES string of the molecule is CCn1cc(S(=O)(=O)NCCOCC(F)F)cc1CNC. The van der Waals surface area contributed by atoms with Gasteiger partial charge in [0.25, 0.3) is 6.43 Å². The first-order valence-corrected chi connectivity index (χ1v) is 8.08. The smallest absolute Gasteiger partial charge is 0.261 e. The molecular weight excluding hydrogens is 304 g/mol. The Morgan fingerprint density at radius 1 is 1.43 bits per heavy atom. The summed E-state index contributed by atoms with van der Waals surface area (Å²) in [6.45, 7) is 2.29. The van der Waals surface area contributed by atoms with Gasteiger partial charge in [-0.3, -0.25) is 0 Å². The molecule has 0 radical (unpaired) electrons. The zero-order chi connectivity index (χ0) is 15.9. The van der Waals surface area contributed by atoms with E-state index in [0.29, 0.717) is 13.1 Å². The molecule has 21 heavy (non-hydrogen) atoms. The van der Waals surface area contributed by atoms with Crippen LogP contribution in [0.3, 0.4) is 0 Å². The van der Waals surface area contributed by atoms with E-state index >= 15 is 0 Å². The van der Waals surface area contributed by atoms with Crippen molar-refractivity contribution in [3.05, 3.63) is 18.0 Å². The first kappa shape index (κ1) is 18.0. The van der Waals surface area contributed by atoms with Gasteiger partial charge in [0.15, 0.2) is 0 Å². The van der Waals surface area contributed by atoms with Crippen LogP contribution in [0.5, 0.6) is 0 Å². The van der Waals surface area contributed by atoms with Crippen LogP contribution in [0.4, 0.5) is 8.78 Å². The number of ether oxygens (including phenoxy) is 1. The lowest BCUT2D eigenvalue weighted by Crippen LogP contribution is -2.27. The van der Waals surface area contributed by atoms with Gasteiger partial charge in [-0.25, -0.2) is 21.9 Å². The predicted octanol–water partition coefficient (Wildman–Crippen LogP) is 0.787. The molecule has 1 heterocycles. The molecule has 9 heteroatoms. The molecule has 0 amide bonds. The number of aromatic nitrogens is 1. The maximum Gasteiger partial charge on any atom is 0.261 e. The molecule has 1 aromatic heterocycles. The van der Waals surface area contributed by atoms with E-state index in [-0.39, 0.29) is 18.0 Å². The number of rotatable bonds is 10. The van der Waals surface area contributed by atoms with Crippen molar-refractivity contribution in [1.82, 2.24) is 14.6 Å². The Hall–Kier alpha value is -1.03. The van der Waals surface area contributed by atoms with Gasteiger partial charge in [0, 0.05) is 31.5 Å². The minimum atomic E-state index is -3.66. The molecule has 1 rings (SSSR count). The molecule has 1 aromatic rings.